The Morgan fingerprint density at radius 3 is 2.27 bits per heavy atom. The summed E-state index contributed by atoms with van der Waals surface area (Å²) in [6, 6.07) is 7.66. The van der Waals surface area contributed by atoms with Gasteiger partial charge in [0.2, 0.25) is 10.0 Å². The molecular weight excluding hydrogens is 220 g/mol. The van der Waals surface area contributed by atoms with Crippen molar-refractivity contribution in [3.05, 3.63) is 51.4 Å². The number of sulfonamides is 1. The number of hydrogen-bond donors (Lipinski definition) is 1. The Kier molecular flexibility index (Phi) is 3.17. The van der Waals surface area contributed by atoms with Crippen LogP contribution in [0.1, 0.15) is 5.56 Å². The second-order valence-electron chi connectivity index (χ2n) is 2.72. The van der Waals surface area contributed by atoms with Gasteiger partial charge in [0, 0.05) is 0 Å². The van der Waals surface area contributed by atoms with Crippen LogP contribution in [0.15, 0.2) is 35.7 Å². The van der Waals surface area contributed by atoms with E-state index in [4.69, 9.17) is 5.14 Å². The van der Waals surface area contributed by atoms with Crippen LogP contribution in [-0.4, -0.2) is 13.3 Å². The minimum atomic E-state index is -4.02. The Morgan fingerprint density at radius 1 is 1.33 bits per heavy atom. The van der Waals surface area contributed by atoms with Gasteiger partial charge in [0.25, 0.3) is 5.70 Å². The summed E-state index contributed by atoms with van der Waals surface area (Å²) in [5.41, 5.74) is -0.352. The van der Waals surface area contributed by atoms with Crippen LogP contribution in [0, 0.1) is 10.1 Å². The molecule has 80 valence electrons. The highest BCUT2D eigenvalue weighted by Crippen LogP contribution is 2.14. The van der Waals surface area contributed by atoms with E-state index < -0.39 is 20.6 Å². The second-order valence-corrected chi connectivity index (χ2v) is 4.13. The fourth-order valence-corrected chi connectivity index (χ4v) is 1.51. The highest BCUT2D eigenvalue weighted by atomic mass is 32.2. The molecule has 6 nitrogen and oxygen atoms in total. The van der Waals surface area contributed by atoms with Crippen molar-refractivity contribution in [2.75, 3.05) is 0 Å². The first-order valence-electron chi connectivity index (χ1n) is 3.84. The number of benzene rings is 1. The lowest BCUT2D eigenvalue weighted by atomic mass is 10.2. The van der Waals surface area contributed by atoms with Crippen LogP contribution in [-0.2, 0) is 10.0 Å². The molecule has 7 heteroatoms. The zero-order chi connectivity index (χ0) is 11.5. The number of primary sulfonamides is 1. The Balaban J connectivity index is 3.29. The van der Waals surface area contributed by atoms with Crippen LogP contribution in [0.4, 0.5) is 0 Å². The molecule has 1 aromatic carbocycles. The van der Waals surface area contributed by atoms with E-state index in [1.807, 2.05) is 0 Å². The van der Waals surface area contributed by atoms with Crippen molar-refractivity contribution in [2.24, 2.45) is 5.14 Å². The molecule has 0 atom stereocenters. The summed E-state index contributed by atoms with van der Waals surface area (Å²) in [6.45, 7) is 0. The number of nitrogens with two attached hydrogens (primary N) is 1. The monoisotopic (exact) mass is 228 g/mol. The van der Waals surface area contributed by atoms with E-state index in [1.54, 1.807) is 18.2 Å². The van der Waals surface area contributed by atoms with Gasteiger partial charge in [-0.3, -0.25) is 10.1 Å². The van der Waals surface area contributed by atoms with Gasteiger partial charge in [-0.2, -0.15) is 0 Å². The van der Waals surface area contributed by atoms with E-state index in [9.17, 15) is 18.5 Å². The van der Waals surface area contributed by atoms with E-state index in [0.29, 0.717) is 5.41 Å². The summed E-state index contributed by atoms with van der Waals surface area (Å²) < 4.78 is 21.4. The molecule has 0 heterocycles. The number of nitro groups is 1. The standard InChI is InChI=1S/C8H8N2O4S/c9-15(13,14)6-8(10(11)12)7-4-2-1-3-5-7/h1-6H,(H2,9,13,14). The van der Waals surface area contributed by atoms with Crippen LogP contribution < -0.4 is 5.14 Å². The Bertz CT molecular complexity index is 493. The van der Waals surface area contributed by atoms with E-state index in [0.717, 1.165) is 0 Å². The number of rotatable bonds is 3. The molecule has 1 rings (SSSR count). The first kappa shape index (κ1) is 11.3. The van der Waals surface area contributed by atoms with Crippen LogP contribution in [0.5, 0.6) is 0 Å². The van der Waals surface area contributed by atoms with Crippen LogP contribution >= 0.6 is 0 Å². The van der Waals surface area contributed by atoms with E-state index >= 15 is 0 Å². The highest BCUT2D eigenvalue weighted by Gasteiger charge is 2.16. The van der Waals surface area contributed by atoms with Crippen molar-refractivity contribution in [3.63, 3.8) is 0 Å². The number of hydrogen-bond acceptors (Lipinski definition) is 4. The molecule has 0 aliphatic heterocycles. The van der Waals surface area contributed by atoms with Gasteiger partial charge in [0.05, 0.1) is 10.5 Å². The van der Waals surface area contributed by atoms with Gasteiger partial charge >= 0.3 is 0 Å². The molecule has 0 amide bonds. The number of nitrogens with zero attached hydrogens (tertiary/aromatic N) is 1. The second kappa shape index (κ2) is 4.20. The van der Waals surface area contributed by atoms with Crippen molar-refractivity contribution in [1.82, 2.24) is 0 Å². The average Bonchev–Trinajstić information content (AvgIpc) is 2.14. The van der Waals surface area contributed by atoms with Crippen LogP contribution in [0.25, 0.3) is 5.70 Å². The van der Waals surface area contributed by atoms with Crippen LogP contribution in [0.3, 0.4) is 0 Å². The molecule has 0 spiro atoms. The van der Waals surface area contributed by atoms with Crippen molar-refractivity contribution in [2.45, 2.75) is 0 Å². The summed E-state index contributed by atoms with van der Waals surface area (Å²) in [6.07, 6.45) is 0. The normalized spacial score (nSPS) is 12.5. The Labute approximate surface area is 86.2 Å². The lowest BCUT2D eigenvalue weighted by Gasteiger charge is -1.97. The predicted molar refractivity (Wildman–Crippen MR) is 54.5 cm³/mol. The summed E-state index contributed by atoms with van der Waals surface area (Å²) >= 11 is 0. The molecule has 0 aromatic heterocycles. The molecule has 0 unspecified atom stereocenters. The average molecular weight is 228 g/mol. The van der Waals surface area contributed by atoms with Gasteiger partial charge in [0.1, 0.15) is 5.41 Å². The minimum absolute atomic E-state index is 0.191. The van der Waals surface area contributed by atoms with Gasteiger partial charge in [-0.05, 0) is 12.1 Å². The Hall–Kier alpha value is -1.73. The van der Waals surface area contributed by atoms with Crippen LogP contribution in [0.2, 0.25) is 0 Å². The third kappa shape index (κ3) is 3.49. The molecule has 0 saturated carbocycles. The van der Waals surface area contributed by atoms with Gasteiger partial charge in [-0.25, -0.2) is 13.6 Å². The van der Waals surface area contributed by atoms with E-state index in [-0.39, 0.29) is 5.56 Å². The fraction of sp³-hybridized carbons (Fsp3) is 0. The zero-order valence-electron chi connectivity index (χ0n) is 7.53. The predicted octanol–water partition coefficient (Wildman–Crippen LogP) is 0.550. The molecule has 2 N–H and O–H groups in total. The molecule has 0 bridgehead atoms. The minimum Gasteiger partial charge on any atom is -0.258 e. The molecule has 1 aromatic rings. The first-order valence-corrected chi connectivity index (χ1v) is 5.45. The molecule has 15 heavy (non-hydrogen) atoms. The fourth-order valence-electron chi connectivity index (χ4n) is 0.981. The van der Waals surface area contributed by atoms with Gasteiger partial charge in [0.15, 0.2) is 0 Å². The third-order valence-corrected chi connectivity index (χ3v) is 2.09. The summed E-state index contributed by atoms with van der Waals surface area (Å²) in [4.78, 5) is 9.80. The largest absolute Gasteiger partial charge is 0.289 e. The van der Waals surface area contributed by atoms with Crippen molar-refractivity contribution in [1.29, 1.82) is 0 Å². The Morgan fingerprint density at radius 2 is 1.87 bits per heavy atom. The molecular formula is C8H8N2O4S. The summed E-state index contributed by atoms with van der Waals surface area (Å²) in [5, 5.41) is 15.7. The quantitative estimate of drug-likeness (QED) is 0.602. The maximum atomic E-state index is 10.7. The molecule has 0 saturated heterocycles. The molecule has 0 aliphatic carbocycles. The van der Waals surface area contributed by atoms with Crippen molar-refractivity contribution in [3.8, 4) is 0 Å². The molecule has 0 radical (unpaired) electrons. The summed E-state index contributed by atoms with van der Waals surface area (Å²) in [7, 11) is -4.02. The van der Waals surface area contributed by atoms with E-state index in [2.05, 4.69) is 0 Å². The maximum Gasteiger partial charge on any atom is 0.289 e. The summed E-state index contributed by atoms with van der Waals surface area (Å²) in [5.74, 6) is 0. The first-order chi connectivity index (χ1) is 6.90. The van der Waals surface area contributed by atoms with E-state index in [1.165, 1.54) is 12.1 Å². The third-order valence-electron chi connectivity index (χ3n) is 1.54. The van der Waals surface area contributed by atoms with Crippen molar-refractivity contribution < 1.29 is 13.3 Å². The lowest BCUT2D eigenvalue weighted by molar-refractivity contribution is -0.375. The topological polar surface area (TPSA) is 103 Å². The van der Waals surface area contributed by atoms with Gasteiger partial charge in [-0.15, -0.1) is 0 Å². The molecule has 0 aliphatic rings. The van der Waals surface area contributed by atoms with Crippen molar-refractivity contribution >= 4 is 15.7 Å². The zero-order valence-corrected chi connectivity index (χ0v) is 8.35. The smallest absolute Gasteiger partial charge is 0.258 e. The molecule has 0 fully saturated rings. The maximum absolute atomic E-state index is 10.7. The van der Waals surface area contributed by atoms with Gasteiger partial charge in [-0.1, -0.05) is 18.2 Å². The highest BCUT2D eigenvalue weighted by molar-refractivity contribution is 7.92. The SMILES string of the molecule is NS(=O)(=O)C=C(c1ccccc1)[N+](=O)[O-]. The van der Waals surface area contributed by atoms with Gasteiger partial charge < -0.3 is 0 Å². The lowest BCUT2D eigenvalue weighted by Crippen LogP contribution is -2.10.